The molecule has 0 aliphatic carbocycles. The van der Waals surface area contributed by atoms with Crippen molar-refractivity contribution in [2.24, 2.45) is 0 Å². The number of rotatable bonds is 3. The van der Waals surface area contributed by atoms with Gasteiger partial charge in [0.1, 0.15) is 11.5 Å². The normalized spacial score (nSPS) is 11.8. The first-order chi connectivity index (χ1) is 9.36. The van der Waals surface area contributed by atoms with Crippen LogP contribution in [0.1, 0.15) is 11.1 Å². The molecule has 0 radical (unpaired) electrons. The average Bonchev–Trinajstić information content (AvgIpc) is 2.38. The van der Waals surface area contributed by atoms with Crippen LogP contribution in [-0.4, -0.2) is 24.9 Å². The molecular weight excluding hydrogens is 276 g/mol. The molecule has 2 aromatic carbocycles. The lowest BCUT2D eigenvalue weighted by Gasteiger charge is -2.04. The highest BCUT2D eigenvalue weighted by Gasteiger charge is 2.12. The highest BCUT2D eigenvalue weighted by atomic mass is 32.2. The number of sulfone groups is 1. The van der Waals surface area contributed by atoms with Crippen LogP contribution >= 0.6 is 0 Å². The van der Waals surface area contributed by atoms with E-state index in [0.717, 1.165) is 11.8 Å². The van der Waals surface area contributed by atoms with Gasteiger partial charge in [-0.15, -0.1) is 0 Å². The summed E-state index contributed by atoms with van der Waals surface area (Å²) in [6.45, 7) is 0. The molecule has 0 atom stereocenters. The van der Waals surface area contributed by atoms with Crippen molar-refractivity contribution in [3.8, 4) is 11.5 Å². The second-order valence-corrected chi connectivity index (χ2v) is 6.40. The Morgan fingerprint density at radius 3 is 2.10 bits per heavy atom. The molecular formula is C15H14O4S. The Morgan fingerprint density at radius 2 is 1.50 bits per heavy atom. The van der Waals surface area contributed by atoms with Crippen molar-refractivity contribution in [2.75, 3.05) is 6.26 Å². The van der Waals surface area contributed by atoms with Gasteiger partial charge in [0.15, 0.2) is 9.84 Å². The van der Waals surface area contributed by atoms with Gasteiger partial charge in [-0.1, -0.05) is 24.3 Å². The molecule has 0 fully saturated rings. The highest BCUT2D eigenvalue weighted by Crippen LogP contribution is 2.23. The molecule has 2 rings (SSSR count). The molecule has 2 N–H and O–H groups in total. The molecule has 20 heavy (non-hydrogen) atoms. The summed E-state index contributed by atoms with van der Waals surface area (Å²) in [6.07, 6.45) is 4.49. The zero-order chi connectivity index (χ0) is 14.8. The van der Waals surface area contributed by atoms with Crippen LogP contribution < -0.4 is 0 Å². The van der Waals surface area contributed by atoms with Gasteiger partial charge in [-0.3, -0.25) is 0 Å². The molecule has 0 spiro atoms. The maximum atomic E-state index is 11.7. The lowest BCUT2D eigenvalue weighted by atomic mass is 10.1. The molecule has 0 amide bonds. The predicted octanol–water partition coefficient (Wildman–Crippen LogP) is 2.67. The van der Waals surface area contributed by atoms with Crippen LogP contribution in [0.25, 0.3) is 12.2 Å². The Kier molecular flexibility index (Phi) is 3.81. The minimum atomic E-state index is -3.42. The van der Waals surface area contributed by atoms with Gasteiger partial charge in [0, 0.05) is 6.26 Å². The summed E-state index contributed by atoms with van der Waals surface area (Å²) in [5, 5.41) is 18.6. The monoisotopic (exact) mass is 290 g/mol. The lowest BCUT2D eigenvalue weighted by Crippen LogP contribution is -1.99. The van der Waals surface area contributed by atoms with E-state index in [1.165, 1.54) is 12.1 Å². The fraction of sp³-hybridized carbons (Fsp3) is 0.0667. The second kappa shape index (κ2) is 5.38. The maximum Gasteiger partial charge on any atom is 0.176 e. The Balaban J connectivity index is 2.41. The summed E-state index contributed by atoms with van der Waals surface area (Å²) in [5.74, 6) is 0.0795. The summed E-state index contributed by atoms with van der Waals surface area (Å²) in [4.78, 5) is 0.0764. The average molecular weight is 290 g/mol. The van der Waals surface area contributed by atoms with Gasteiger partial charge in [-0.2, -0.15) is 0 Å². The van der Waals surface area contributed by atoms with E-state index in [1.54, 1.807) is 42.5 Å². The van der Waals surface area contributed by atoms with Gasteiger partial charge in [0.05, 0.1) is 4.90 Å². The maximum absolute atomic E-state index is 11.7. The number of hydrogen-bond acceptors (Lipinski definition) is 4. The largest absolute Gasteiger partial charge is 0.508 e. The topological polar surface area (TPSA) is 74.6 Å². The fourth-order valence-electron chi connectivity index (χ4n) is 1.75. The van der Waals surface area contributed by atoms with Crippen molar-refractivity contribution in [3.05, 3.63) is 53.6 Å². The Labute approximate surface area is 117 Å². The number of hydrogen-bond donors (Lipinski definition) is 2. The number of phenolic OH excluding ortho intramolecular Hbond substituents is 2. The summed E-state index contributed by atoms with van der Waals surface area (Å²) in [6, 6.07) is 10.7. The summed E-state index contributed by atoms with van der Waals surface area (Å²) in [5.41, 5.74) is 1.33. The van der Waals surface area contributed by atoms with Gasteiger partial charge in [0.25, 0.3) is 0 Å². The van der Waals surface area contributed by atoms with E-state index in [9.17, 15) is 18.6 Å². The third-order valence-electron chi connectivity index (χ3n) is 2.75. The van der Waals surface area contributed by atoms with Crippen LogP contribution in [0.15, 0.2) is 47.4 Å². The quantitative estimate of drug-likeness (QED) is 0.852. The zero-order valence-electron chi connectivity index (χ0n) is 10.8. The van der Waals surface area contributed by atoms with E-state index in [0.29, 0.717) is 5.56 Å². The third-order valence-corrected chi connectivity index (χ3v) is 3.90. The SMILES string of the molecule is CS(=O)(=O)c1cc(O)ccc1/C=C/c1ccc(O)cc1. The molecule has 2 aromatic rings. The molecule has 0 saturated heterocycles. The van der Waals surface area contributed by atoms with Crippen molar-refractivity contribution in [3.63, 3.8) is 0 Å². The van der Waals surface area contributed by atoms with Gasteiger partial charge < -0.3 is 10.2 Å². The van der Waals surface area contributed by atoms with E-state index in [-0.39, 0.29) is 16.4 Å². The molecule has 0 aromatic heterocycles. The first-order valence-corrected chi connectivity index (χ1v) is 7.75. The molecule has 104 valence electrons. The molecule has 0 unspecified atom stereocenters. The first-order valence-electron chi connectivity index (χ1n) is 5.86. The van der Waals surface area contributed by atoms with Crippen molar-refractivity contribution in [1.29, 1.82) is 0 Å². The van der Waals surface area contributed by atoms with Crippen molar-refractivity contribution in [1.82, 2.24) is 0 Å². The highest BCUT2D eigenvalue weighted by molar-refractivity contribution is 7.90. The second-order valence-electron chi connectivity index (χ2n) is 4.42. The standard InChI is InChI=1S/C15H14O4S/c1-20(18,19)15-10-14(17)9-6-12(15)5-2-11-3-7-13(16)8-4-11/h2-10,16-17H,1H3/b5-2+. The number of benzene rings is 2. The predicted molar refractivity (Wildman–Crippen MR) is 78.3 cm³/mol. The molecule has 5 heteroatoms. The van der Waals surface area contributed by atoms with Gasteiger partial charge in [-0.25, -0.2) is 8.42 Å². The van der Waals surface area contributed by atoms with Crippen molar-refractivity contribution >= 4 is 22.0 Å². The number of phenols is 2. The zero-order valence-corrected chi connectivity index (χ0v) is 11.6. The van der Waals surface area contributed by atoms with E-state index < -0.39 is 9.84 Å². The summed E-state index contributed by atoms with van der Waals surface area (Å²) >= 11 is 0. The van der Waals surface area contributed by atoms with Crippen LogP contribution in [0.5, 0.6) is 11.5 Å². The molecule has 0 aliphatic rings. The minimum absolute atomic E-state index is 0.0764. The third kappa shape index (κ3) is 3.39. The van der Waals surface area contributed by atoms with E-state index in [4.69, 9.17) is 0 Å². The van der Waals surface area contributed by atoms with Crippen molar-refractivity contribution < 1.29 is 18.6 Å². The van der Waals surface area contributed by atoms with Crippen molar-refractivity contribution in [2.45, 2.75) is 4.90 Å². The Hall–Kier alpha value is -2.27. The molecule has 4 nitrogen and oxygen atoms in total. The first kappa shape index (κ1) is 14.1. The molecule has 0 saturated carbocycles. The fourth-order valence-corrected chi connectivity index (χ4v) is 2.65. The van der Waals surface area contributed by atoms with Crippen LogP contribution in [0.3, 0.4) is 0 Å². The molecule has 0 heterocycles. The summed E-state index contributed by atoms with van der Waals surface area (Å²) in [7, 11) is -3.42. The van der Waals surface area contributed by atoms with Gasteiger partial charge in [-0.05, 0) is 41.5 Å². The molecule has 0 bridgehead atoms. The van der Waals surface area contributed by atoms with E-state index >= 15 is 0 Å². The van der Waals surface area contributed by atoms with Gasteiger partial charge in [0.2, 0.25) is 0 Å². The smallest absolute Gasteiger partial charge is 0.176 e. The van der Waals surface area contributed by atoms with Gasteiger partial charge >= 0.3 is 0 Å². The summed E-state index contributed by atoms with van der Waals surface area (Å²) < 4.78 is 23.4. The van der Waals surface area contributed by atoms with E-state index in [2.05, 4.69) is 0 Å². The Morgan fingerprint density at radius 1 is 0.900 bits per heavy atom. The van der Waals surface area contributed by atoms with E-state index in [1.807, 2.05) is 0 Å². The lowest BCUT2D eigenvalue weighted by molar-refractivity contribution is 0.473. The number of aromatic hydroxyl groups is 2. The Bertz CT molecular complexity index is 744. The van der Waals surface area contributed by atoms with Crippen LogP contribution in [0, 0.1) is 0 Å². The van der Waals surface area contributed by atoms with Crippen LogP contribution in [0.2, 0.25) is 0 Å². The minimum Gasteiger partial charge on any atom is -0.508 e. The van der Waals surface area contributed by atoms with Crippen LogP contribution in [0.4, 0.5) is 0 Å². The van der Waals surface area contributed by atoms with Crippen LogP contribution in [-0.2, 0) is 9.84 Å². The molecule has 0 aliphatic heterocycles.